The molecule has 1 aromatic carbocycles. The number of nitrogen functional groups attached to an aromatic ring is 1. The Labute approximate surface area is 123 Å². The first kappa shape index (κ1) is 15.3. The molecule has 2 rings (SSSR count). The van der Waals surface area contributed by atoms with Crippen LogP contribution in [0.2, 0.25) is 10.0 Å². The second-order valence-corrected chi connectivity index (χ2v) is 5.48. The van der Waals surface area contributed by atoms with E-state index < -0.39 is 17.5 Å². The molecule has 0 atom stereocenters. The van der Waals surface area contributed by atoms with E-state index in [1.54, 1.807) is 0 Å². The van der Waals surface area contributed by atoms with Crippen molar-refractivity contribution in [3.8, 4) is 0 Å². The third kappa shape index (κ3) is 2.54. The molecule has 3 N–H and O–H groups in total. The first-order valence-corrected chi connectivity index (χ1v) is 6.52. The SMILES string of the molecule is Nc1c(Cl)ccc(CNC(=O)C2(C(F)(F)F)CC2)c1Cl. The number of anilines is 1. The van der Waals surface area contributed by atoms with E-state index in [0.29, 0.717) is 5.56 Å². The summed E-state index contributed by atoms with van der Waals surface area (Å²) in [5, 5.41) is 2.64. The van der Waals surface area contributed by atoms with Crippen molar-refractivity contribution in [1.82, 2.24) is 5.32 Å². The first-order valence-electron chi connectivity index (χ1n) is 5.76. The smallest absolute Gasteiger partial charge is 0.396 e. The van der Waals surface area contributed by atoms with Gasteiger partial charge in [-0.2, -0.15) is 13.2 Å². The van der Waals surface area contributed by atoms with E-state index in [0.717, 1.165) is 0 Å². The molecule has 0 bridgehead atoms. The quantitative estimate of drug-likeness (QED) is 0.835. The topological polar surface area (TPSA) is 55.1 Å². The van der Waals surface area contributed by atoms with Gasteiger partial charge in [0.2, 0.25) is 5.91 Å². The van der Waals surface area contributed by atoms with Crippen LogP contribution in [0.25, 0.3) is 0 Å². The summed E-state index contributed by atoms with van der Waals surface area (Å²) in [4.78, 5) is 11.7. The van der Waals surface area contributed by atoms with E-state index in [1.807, 2.05) is 0 Å². The first-order chi connectivity index (χ1) is 9.19. The average Bonchev–Trinajstić information content (AvgIpc) is 3.15. The number of hydrogen-bond donors (Lipinski definition) is 2. The summed E-state index contributed by atoms with van der Waals surface area (Å²) in [5.74, 6) is -1.03. The van der Waals surface area contributed by atoms with Gasteiger partial charge in [-0.3, -0.25) is 4.79 Å². The molecule has 110 valence electrons. The molecule has 0 aliphatic heterocycles. The molecular formula is C12H11Cl2F3N2O. The van der Waals surface area contributed by atoms with Crippen LogP contribution in [0.1, 0.15) is 18.4 Å². The lowest BCUT2D eigenvalue weighted by atomic mass is 10.1. The van der Waals surface area contributed by atoms with Gasteiger partial charge in [0.15, 0.2) is 0 Å². The van der Waals surface area contributed by atoms with Gasteiger partial charge in [0.25, 0.3) is 0 Å². The van der Waals surface area contributed by atoms with Gasteiger partial charge in [0.1, 0.15) is 5.41 Å². The highest BCUT2D eigenvalue weighted by molar-refractivity contribution is 6.39. The van der Waals surface area contributed by atoms with E-state index in [-0.39, 0.29) is 35.1 Å². The van der Waals surface area contributed by atoms with Gasteiger partial charge in [-0.15, -0.1) is 0 Å². The van der Waals surface area contributed by atoms with Crippen molar-refractivity contribution < 1.29 is 18.0 Å². The Morgan fingerprint density at radius 2 is 1.95 bits per heavy atom. The van der Waals surface area contributed by atoms with Crippen LogP contribution in [0.4, 0.5) is 18.9 Å². The molecule has 0 saturated heterocycles. The maximum atomic E-state index is 12.7. The Morgan fingerprint density at radius 1 is 1.35 bits per heavy atom. The predicted octanol–water partition coefficient (Wildman–Crippen LogP) is 3.53. The van der Waals surface area contributed by atoms with Crippen molar-refractivity contribution in [3.63, 3.8) is 0 Å². The third-order valence-electron chi connectivity index (χ3n) is 3.37. The van der Waals surface area contributed by atoms with Crippen molar-refractivity contribution in [1.29, 1.82) is 0 Å². The highest BCUT2D eigenvalue weighted by Gasteiger charge is 2.68. The average molecular weight is 327 g/mol. The summed E-state index contributed by atoms with van der Waals surface area (Å²) in [6, 6.07) is 2.98. The number of carbonyl (C=O) groups is 1. The largest absolute Gasteiger partial charge is 0.403 e. The van der Waals surface area contributed by atoms with Crippen LogP contribution in [0, 0.1) is 5.41 Å². The zero-order chi connectivity index (χ0) is 15.1. The zero-order valence-corrected chi connectivity index (χ0v) is 11.7. The van der Waals surface area contributed by atoms with Crippen LogP contribution in [-0.2, 0) is 11.3 Å². The fraction of sp³-hybridized carbons (Fsp3) is 0.417. The number of carbonyl (C=O) groups excluding carboxylic acids is 1. The molecule has 1 fully saturated rings. The predicted molar refractivity (Wildman–Crippen MR) is 70.4 cm³/mol. The summed E-state index contributed by atoms with van der Waals surface area (Å²) in [5.41, 5.74) is 3.91. The molecule has 0 unspecified atom stereocenters. The summed E-state index contributed by atoms with van der Waals surface area (Å²) < 4.78 is 38.2. The molecule has 1 amide bonds. The number of hydrogen-bond acceptors (Lipinski definition) is 2. The van der Waals surface area contributed by atoms with Crippen molar-refractivity contribution in [2.24, 2.45) is 5.41 Å². The Balaban J connectivity index is 2.07. The van der Waals surface area contributed by atoms with Gasteiger partial charge in [-0.05, 0) is 24.5 Å². The van der Waals surface area contributed by atoms with Gasteiger partial charge in [0.05, 0.1) is 15.7 Å². The summed E-state index contributed by atoms with van der Waals surface area (Å²) in [6.45, 7) is -0.128. The number of amides is 1. The standard InChI is InChI=1S/C12H11Cl2F3N2O/c13-7-2-1-6(8(14)9(7)18)5-19-10(20)11(3-4-11)12(15,16)17/h1-2H,3-5,18H2,(H,19,20). The number of nitrogens with one attached hydrogen (secondary N) is 1. The minimum Gasteiger partial charge on any atom is -0.396 e. The monoisotopic (exact) mass is 326 g/mol. The highest BCUT2D eigenvalue weighted by atomic mass is 35.5. The fourth-order valence-corrected chi connectivity index (χ4v) is 2.30. The highest BCUT2D eigenvalue weighted by Crippen LogP contribution is 2.57. The second kappa shape index (κ2) is 5.00. The van der Waals surface area contributed by atoms with Crippen molar-refractivity contribution in [3.05, 3.63) is 27.7 Å². The Morgan fingerprint density at radius 3 is 2.45 bits per heavy atom. The van der Waals surface area contributed by atoms with Crippen LogP contribution < -0.4 is 11.1 Å². The van der Waals surface area contributed by atoms with Gasteiger partial charge in [0, 0.05) is 6.54 Å². The molecular weight excluding hydrogens is 316 g/mol. The maximum absolute atomic E-state index is 12.7. The van der Waals surface area contributed by atoms with E-state index in [1.165, 1.54) is 12.1 Å². The number of nitrogens with two attached hydrogens (primary N) is 1. The van der Waals surface area contributed by atoms with Crippen molar-refractivity contribution in [2.75, 3.05) is 5.73 Å². The van der Waals surface area contributed by atoms with Crippen LogP contribution in [0.15, 0.2) is 12.1 Å². The number of benzene rings is 1. The molecule has 3 nitrogen and oxygen atoms in total. The molecule has 0 aromatic heterocycles. The van der Waals surface area contributed by atoms with Gasteiger partial charge >= 0.3 is 6.18 Å². The van der Waals surface area contributed by atoms with Crippen molar-refractivity contribution >= 4 is 34.8 Å². The Bertz CT molecular complexity index is 556. The van der Waals surface area contributed by atoms with Gasteiger partial charge < -0.3 is 11.1 Å². The molecule has 0 spiro atoms. The molecule has 0 heterocycles. The van der Waals surface area contributed by atoms with E-state index >= 15 is 0 Å². The number of alkyl halides is 3. The molecule has 20 heavy (non-hydrogen) atoms. The van der Waals surface area contributed by atoms with Gasteiger partial charge in [-0.1, -0.05) is 29.3 Å². The van der Waals surface area contributed by atoms with Crippen LogP contribution in [-0.4, -0.2) is 12.1 Å². The minimum atomic E-state index is -4.53. The van der Waals surface area contributed by atoms with Crippen LogP contribution in [0.3, 0.4) is 0 Å². The normalized spacial score (nSPS) is 16.9. The van der Waals surface area contributed by atoms with Crippen LogP contribution >= 0.6 is 23.2 Å². The molecule has 0 radical (unpaired) electrons. The Hall–Kier alpha value is -1.14. The van der Waals surface area contributed by atoms with Crippen molar-refractivity contribution in [2.45, 2.75) is 25.6 Å². The third-order valence-corrected chi connectivity index (χ3v) is 4.15. The molecule has 8 heteroatoms. The maximum Gasteiger partial charge on any atom is 0.403 e. The lowest BCUT2D eigenvalue weighted by Crippen LogP contribution is -2.40. The van der Waals surface area contributed by atoms with E-state index in [9.17, 15) is 18.0 Å². The number of halogens is 5. The minimum absolute atomic E-state index is 0.128. The zero-order valence-electron chi connectivity index (χ0n) is 10.2. The summed E-state index contributed by atoms with van der Waals surface area (Å²) >= 11 is 11.7. The summed E-state index contributed by atoms with van der Waals surface area (Å²) in [7, 11) is 0. The lowest BCUT2D eigenvalue weighted by Gasteiger charge is -2.19. The van der Waals surface area contributed by atoms with E-state index in [2.05, 4.69) is 5.32 Å². The van der Waals surface area contributed by atoms with E-state index in [4.69, 9.17) is 28.9 Å². The molecule has 1 aromatic rings. The number of rotatable bonds is 3. The molecule has 1 aliphatic carbocycles. The molecule has 1 saturated carbocycles. The fourth-order valence-electron chi connectivity index (χ4n) is 1.86. The van der Waals surface area contributed by atoms with Crippen LogP contribution in [0.5, 0.6) is 0 Å². The second-order valence-electron chi connectivity index (χ2n) is 4.70. The molecule has 1 aliphatic rings. The summed E-state index contributed by atoms with van der Waals surface area (Å²) in [6.07, 6.45) is -4.89. The van der Waals surface area contributed by atoms with Gasteiger partial charge in [-0.25, -0.2) is 0 Å². The Kier molecular flexibility index (Phi) is 3.81. The lowest BCUT2D eigenvalue weighted by molar-refractivity contribution is -0.192.